The topological polar surface area (TPSA) is 25.8 Å². The molecule has 1 aliphatic carbocycles. The van der Waals surface area contributed by atoms with Crippen LogP contribution < -0.4 is 0 Å². The average molecular weight is 324 g/mol. The zero-order valence-electron chi connectivity index (χ0n) is 9.74. The molecule has 0 unspecified atom stereocenters. The zero-order chi connectivity index (χ0) is 12.5. The van der Waals surface area contributed by atoms with Crippen molar-refractivity contribution in [1.29, 1.82) is 0 Å². The van der Waals surface area contributed by atoms with Gasteiger partial charge in [0, 0.05) is 28.6 Å². The van der Waals surface area contributed by atoms with E-state index in [4.69, 9.17) is 16.6 Å². The molecule has 0 bridgehead atoms. The van der Waals surface area contributed by atoms with Gasteiger partial charge in [-0.2, -0.15) is 0 Å². The molecule has 1 aromatic heterocycles. The van der Waals surface area contributed by atoms with Crippen LogP contribution in [0.5, 0.6) is 0 Å². The van der Waals surface area contributed by atoms with Crippen LogP contribution in [0.15, 0.2) is 30.5 Å². The summed E-state index contributed by atoms with van der Waals surface area (Å²) in [6.45, 7) is 0. The number of hydrogen-bond donors (Lipinski definition) is 0. The van der Waals surface area contributed by atoms with Crippen molar-refractivity contribution in [3.8, 4) is 11.4 Å². The van der Waals surface area contributed by atoms with Crippen molar-refractivity contribution in [1.82, 2.24) is 9.97 Å². The third kappa shape index (κ3) is 2.29. The van der Waals surface area contributed by atoms with E-state index >= 15 is 0 Å². The highest BCUT2D eigenvalue weighted by atomic mass is 79.9. The molecular weight excluding hydrogens is 312 g/mol. The van der Waals surface area contributed by atoms with Crippen LogP contribution in [0, 0.1) is 0 Å². The third-order valence-corrected chi connectivity index (χ3v) is 4.05. The number of benzene rings is 1. The van der Waals surface area contributed by atoms with E-state index in [0.717, 1.165) is 16.7 Å². The third-order valence-electron chi connectivity index (χ3n) is 3.12. The lowest BCUT2D eigenvalue weighted by Crippen LogP contribution is -1.99. The normalized spacial score (nSPS) is 14.8. The molecule has 2 aromatic rings. The molecule has 1 heterocycles. The van der Waals surface area contributed by atoms with E-state index in [9.17, 15) is 0 Å². The fourth-order valence-electron chi connectivity index (χ4n) is 2.01. The van der Waals surface area contributed by atoms with E-state index in [-0.39, 0.29) is 0 Å². The number of nitrogens with zero attached hydrogens (tertiary/aromatic N) is 2. The van der Waals surface area contributed by atoms with Gasteiger partial charge in [0.05, 0.1) is 10.7 Å². The molecule has 18 heavy (non-hydrogen) atoms. The van der Waals surface area contributed by atoms with Gasteiger partial charge in [-0.15, -0.1) is 0 Å². The van der Waals surface area contributed by atoms with Crippen molar-refractivity contribution in [2.24, 2.45) is 0 Å². The van der Waals surface area contributed by atoms with E-state index in [2.05, 4.69) is 20.9 Å². The van der Waals surface area contributed by atoms with Gasteiger partial charge in [-0.3, -0.25) is 0 Å². The Kier molecular flexibility index (Phi) is 3.35. The van der Waals surface area contributed by atoms with Crippen LogP contribution in [-0.4, -0.2) is 9.97 Å². The van der Waals surface area contributed by atoms with Crippen LogP contribution in [0.25, 0.3) is 11.4 Å². The molecule has 1 fully saturated rings. The highest BCUT2D eigenvalue weighted by molar-refractivity contribution is 9.08. The van der Waals surface area contributed by atoms with Crippen molar-refractivity contribution >= 4 is 27.5 Å². The molecule has 1 aliphatic rings. The summed E-state index contributed by atoms with van der Waals surface area (Å²) in [6.07, 6.45) is 4.38. The van der Waals surface area contributed by atoms with E-state index < -0.39 is 0 Å². The first-order valence-corrected chi connectivity index (χ1v) is 7.46. The fourth-order valence-corrected chi connectivity index (χ4v) is 2.66. The maximum Gasteiger partial charge on any atom is 0.160 e. The second-order valence-corrected chi connectivity index (χ2v) is 5.46. The zero-order valence-corrected chi connectivity index (χ0v) is 12.1. The minimum absolute atomic E-state index is 0.613. The second-order valence-electron chi connectivity index (χ2n) is 4.49. The first-order valence-electron chi connectivity index (χ1n) is 5.96. The summed E-state index contributed by atoms with van der Waals surface area (Å²) in [4.78, 5) is 9.14. The van der Waals surface area contributed by atoms with Crippen molar-refractivity contribution < 1.29 is 0 Å². The predicted octanol–water partition coefficient (Wildman–Crippen LogP) is 4.57. The molecule has 2 nitrogen and oxygen atoms in total. The minimum Gasteiger partial charge on any atom is -0.236 e. The van der Waals surface area contributed by atoms with Crippen LogP contribution in [0.2, 0.25) is 5.02 Å². The minimum atomic E-state index is 0.613. The van der Waals surface area contributed by atoms with E-state index in [1.54, 1.807) is 0 Å². The van der Waals surface area contributed by atoms with E-state index in [0.29, 0.717) is 10.9 Å². The SMILES string of the molecule is Clc1ccccc1-c1ncc(CBr)c(C2CC2)n1. The van der Waals surface area contributed by atoms with Gasteiger partial charge in [0.1, 0.15) is 0 Å². The molecule has 3 rings (SSSR count). The summed E-state index contributed by atoms with van der Waals surface area (Å²) in [5.74, 6) is 1.34. The number of alkyl halides is 1. The van der Waals surface area contributed by atoms with Gasteiger partial charge in [0.25, 0.3) is 0 Å². The Morgan fingerprint density at radius 1 is 1.28 bits per heavy atom. The first-order chi connectivity index (χ1) is 8.79. The summed E-state index contributed by atoms with van der Waals surface area (Å²) in [5, 5.41) is 1.51. The highest BCUT2D eigenvalue weighted by Crippen LogP contribution is 2.41. The molecule has 0 spiro atoms. The van der Waals surface area contributed by atoms with Crippen LogP contribution in [0.3, 0.4) is 0 Å². The molecule has 0 atom stereocenters. The van der Waals surface area contributed by atoms with E-state index in [1.165, 1.54) is 24.1 Å². The van der Waals surface area contributed by atoms with E-state index in [1.807, 2.05) is 30.5 Å². The Labute approximate surface area is 120 Å². The summed E-state index contributed by atoms with van der Waals surface area (Å²) in [7, 11) is 0. The standard InChI is InChI=1S/C14H12BrClN2/c15-7-10-8-17-14(18-13(10)9-5-6-9)11-3-1-2-4-12(11)16/h1-4,8-9H,5-7H2. The molecule has 0 aliphatic heterocycles. The van der Waals surface area contributed by atoms with Crippen LogP contribution in [-0.2, 0) is 5.33 Å². The summed E-state index contributed by atoms with van der Waals surface area (Å²) in [5.41, 5.74) is 3.27. The number of halogens is 2. The average Bonchev–Trinajstić information content (AvgIpc) is 3.23. The number of rotatable bonds is 3. The number of aromatic nitrogens is 2. The first kappa shape index (κ1) is 12.1. The Morgan fingerprint density at radius 3 is 2.72 bits per heavy atom. The summed E-state index contributed by atoms with van der Waals surface area (Å²) < 4.78 is 0. The molecule has 1 aromatic carbocycles. The number of hydrogen-bond acceptors (Lipinski definition) is 2. The Balaban J connectivity index is 2.08. The van der Waals surface area contributed by atoms with Gasteiger partial charge in [-0.05, 0) is 25.0 Å². The lowest BCUT2D eigenvalue weighted by Gasteiger charge is -2.08. The Hall–Kier alpha value is -0.930. The fraction of sp³-hybridized carbons (Fsp3) is 0.286. The van der Waals surface area contributed by atoms with Crippen LogP contribution >= 0.6 is 27.5 Å². The van der Waals surface area contributed by atoms with Gasteiger partial charge >= 0.3 is 0 Å². The van der Waals surface area contributed by atoms with Gasteiger partial charge in [-0.1, -0.05) is 39.7 Å². The predicted molar refractivity (Wildman–Crippen MR) is 77.1 cm³/mol. The largest absolute Gasteiger partial charge is 0.236 e. The Bertz CT molecular complexity index is 582. The quantitative estimate of drug-likeness (QED) is 0.773. The molecule has 4 heteroatoms. The highest BCUT2D eigenvalue weighted by Gasteiger charge is 2.28. The van der Waals surface area contributed by atoms with Gasteiger partial charge in [0.2, 0.25) is 0 Å². The smallest absolute Gasteiger partial charge is 0.160 e. The van der Waals surface area contributed by atoms with Gasteiger partial charge < -0.3 is 0 Å². The molecule has 1 saturated carbocycles. The molecule has 92 valence electrons. The lowest BCUT2D eigenvalue weighted by atomic mass is 10.1. The van der Waals surface area contributed by atoms with Crippen LogP contribution in [0.4, 0.5) is 0 Å². The summed E-state index contributed by atoms with van der Waals surface area (Å²) in [6, 6.07) is 7.71. The van der Waals surface area contributed by atoms with Crippen molar-refractivity contribution in [3.05, 3.63) is 46.7 Å². The lowest BCUT2D eigenvalue weighted by molar-refractivity contribution is 0.962. The molecule has 0 N–H and O–H groups in total. The van der Waals surface area contributed by atoms with Crippen LogP contribution in [0.1, 0.15) is 30.0 Å². The molecule has 0 amide bonds. The van der Waals surface area contributed by atoms with Gasteiger partial charge in [0.15, 0.2) is 5.82 Å². The maximum atomic E-state index is 6.19. The molecular formula is C14H12BrClN2. The monoisotopic (exact) mass is 322 g/mol. The van der Waals surface area contributed by atoms with Crippen molar-refractivity contribution in [3.63, 3.8) is 0 Å². The molecule has 0 saturated heterocycles. The van der Waals surface area contributed by atoms with Gasteiger partial charge in [-0.25, -0.2) is 9.97 Å². The van der Waals surface area contributed by atoms with Crippen molar-refractivity contribution in [2.45, 2.75) is 24.1 Å². The van der Waals surface area contributed by atoms with Crippen molar-refractivity contribution in [2.75, 3.05) is 0 Å². The maximum absolute atomic E-state index is 6.19. The summed E-state index contributed by atoms with van der Waals surface area (Å²) >= 11 is 9.68. The Morgan fingerprint density at radius 2 is 2.06 bits per heavy atom. The molecule has 0 radical (unpaired) electrons. The second kappa shape index (κ2) is 4.98.